The maximum atomic E-state index is 11.2. The number of rotatable bonds is 4. The monoisotopic (exact) mass is 261 g/mol. The molecule has 0 bridgehead atoms. The summed E-state index contributed by atoms with van der Waals surface area (Å²) in [5.41, 5.74) is 0.921. The largest absolute Gasteiger partial charge is 0.213 e. The van der Waals surface area contributed by atoms with Crippen molar-refractivity contribution >= 4 is 21.6 Å². The lowest BCUT2D eigenvalue weighted by Gasteiger charge is -2.21. The van der Waals surface area contributed by atoms with Crippen molar-refractivity contribution in [2.45, 2.75) is 19.9 Å². The summed E-state index contributed by atoms with van der Waals surface area (Å²) in [6, 6.07) is 6.98. The van der Waals surface area contributed by atoms with E-state index in [1.165, 1.54) is 0 Å². The van der Waals surface area contributed by atoms with Gasteiger partial charge < -0.3 is 0 Å². The van der Waals surface area contributed by atoms with E-state index in [1.807, 2.05) is 26.0 Å². The van der Waals surface area contributed by atoms with Crippen molar-refractivity contribution in [1.29, 1.82) is 0 Å². The molecule has 16 heavy (non-hydrogen) atoms. The highest BCUT2D eigenvalue weighted by molar-refractivity contribution is 7.88. The first-order valence-electron chi connectivity index (χ1n) is 5.02. The van der Waals surface area contributed by atoms with Crippen LogP contribution in [-0.2, 0) is 10.0 Å². The zero-order valence-corrected chi connectivity index (χ0v) is 11.1. The Kier molecular flexibility index (Phi) is 4.35. The van der Waals surface area contributed by atoms with Gasteiger partial charge in [0.15, 0.2) is 0 Å². The standard InChI is InChI=1S/C11H16ClNO2S/c1-8(2)11(13-16(3,14)15)9-4-6-10(12)7-5-9/h4-8,11,13H,1-3H3. The topological polar surface area (TPSA) is 46.2 Å². The Morgan fingerprint density at radius 3 is 2.06 bits per heavy atom. The fourth-order valence-corrected chi connectivity index (χ4v) is 2.49. The van der Waals surface area contributed by atoms with Crippen molar-refractivity contribution in [3.63, 3.8) is 0 Å². The SMILES string of the molecule is CC(C)C(NS(C)(=O)=O)c1ccc(Cl)cc1. The van der Waals surface area contributed by atoms with Crippen molar-refractivity contribution in [3.05, 3.63) is 34.9 Å². The fraction of sp³-hybridized carbons (Fsp3) is 0.455. The molecule has 1 unspecified atom stereocenters. The van der Waals surface area contributed by atoms with E-state index in [0.29, 0.717) is 5.02 Å². The van der Waals surface area contributed by atoms with Gasteiger partial charge in [0, 0.05) is 11.1 Å². The lowest BCUT2D eigenvalue weighted by atomic mass is 9.97. The highest BCUT2D eigenvalue weighted by Crippen LogP contribution is 2.23. The first-order chi connectivity index (χ1) is 7.29. The Morgan fingerprint density at radius 1 is 1.19 bits per heavy atom. The third-order valence-corrected chi connectivity index (χ3v) is 3.17. The number of nitrogens with one attached hydrogen (secondary N) is 1. The molecule has 1 rings (SSSR count). The summed E-state index contributed by atoms with van der Waals surface area (Å²) in [5.74, 6) is 0.177. The normalized spacial score (nSPS) is 14.1. The van der Waals surface area contributed by atoms with Crippen molar-refractivity contribution < 1.29 is 8.42 Å². The van der Waals surface area contributed by atoms with Gasteiger partial charge in [-0.25, -0.2) is 13.1 Å². The summed E-state index contributed by atoms with van der Waals surface area (Å²) in [4.78, 5) is 0. The molecule has 3 nitrogen and oxygen atoms in total. The van der Waals surface area contributed by atoms with Crippen molar-refractivity contribution in [1.82, 2.24) is 4.72 Å². The summed E-state index contributed by atoms with van der Waals surface area (Å²) in [5, 5.41) is 0.644. The molecule has 1 aromatic rings. The summed E-state index contributed by atoms with van der Waals surface area (Å²) in [6.07, 6.45) is 1.16. The van der Waals surface area contributed by atoms with E-state index in [1.54, 1.807) is 12.1 Å². The van der Waals surface area contributed by atoms with Crippen LogP contribution >= 0.6 is 11.6 Å². The van der Waals surface area contributed by atoms with Gasteiger partial charge in [-0.1, -0.05) is 37.6 Å². The Bertz CT molecular complexity index is 440. The van der Waals surface area contributed by atoms with E-state index in [4.69, 9.17) is 11.6 Å². The van der Waals surface area contributed by atoms with Gasteiger partial charge in [0.1, 0.15) is 0 Å². The van der Waals surface area contributed by atoms with Gasteiger partial charge in [0.25, 0.3) is 0 Å². The maximum Gasteiger partial charge on any atom is 0.209 e. The van der Waals surface area contributed by atoms with Crippen LogP contribution in [-0.4, -0.2) is 14.7 Å². The van der Waals surface area contributed by atoms with Crippen molar-refractivity contribution in [2.75, 3.05) is 6.26 Å². The first-order valence-corrected chi connectivity index (χ1v) is 7.29. The first kappa shape index (κ1) is 13.5. The fourth-order valence-electron chi connectivity index (χ4n) is 1.49. The predicted octanol–water partition coefficient (Wildman–Crippen LogP) is 2.59. The number of hydrogen-bond acceptors (Lipinski definition) is 2. The lowest BCUT2D eigenvalue weighted by Crippen LogP contribution is -2.30. The molecule has 0 saturated heterocycles. The molecule has 0 aliphatic rings. The molecule has 0 aromatic heterocycles. The molecule has 1 aromatic carbocycles. The molecule has 0 aliphatic heterocycles. The second-order valence-corrected chi connectivity index (χ2v) is 6.38. The van der Waals surface area contributed by atoms with Gasteiger partial charge in [-0.05, 0) is 23.6 Å². The number of benzene rings is 1. The summed E-state index contributed by atoms with van der Waals surface area (Å²) < 4.78 is 25.1. The van der Waals surface area contributed by atoms with Gasteiger partial charge in [0.2, 0.25) is 10.0 Å². The van der Waals surface area contributed by atoms with Gasteiger partial charge in [-0.15, -0.1) is 0 Å². The summed E-state index contributed by atoms with van der Waals surface area (Å²) >= 11 is 5.79. The highest BCUT2D eigenvalue weighted by Gasteiger charge is 2.19. The molecule has 1 N–H and O–H groups in total. The van der Waals surface area contributed by atoms with Gasteiger partial charge in [0.05, 0.1) is 6.26 Å². The highest BCUT2D eigenvalue weighted by atomic mass is 35.5. The zero-order chi connectivity index (χ0) is 12.3. The Labute approximate surface area is 102 Å². The summed E-state index contributed by atoms with van der Waals surface area (Å²) in [6.45, 7) is 3.94. The summed E-state index contributed by atoms with van der Waals surface area (Å²) in [7, 11) is -3.21. The molecule has 0 spiro atoms. The molecular weight excluding hydrogens is 246 g/mol. The van der Waals surface area contributed by atoms with Crippen LogP contribution in [0.25, 0.3) is 0 Å². The molecule has 0 saturated carbocycles. The minimum absolute atomic E-state index is 0.177. The van der Waals surface area contributed by atoms with E-state index in [2.05, 4.69) is 4.72 Å². The average molecular weight is 262 g/mol. The molecule has 1 atom stereocenters. The lowest BCUT2D eigenvalue weighted by molar-refractivity contribution is 0.465. The zero-order valence-electron chi connectivity index (χ0n) is 9.57. The van der Waals surface area contributed by atoms with Crippen LogP contribution in [0.5, 0.6) is 0 Å². The van der Waals surface area contributed by atoms with Crippen LogP contribution < -0.4 is 4.72 Å². The van der Waals surface area contributed by atoms with Crippen LogP contribution in [0, 0.1) is 5.92 Å². The molecule has 0 fully saturated rings. The van der Waals surface area contributed by atoms with Crippen molar-refractivity contribution in [2.24, 2.45) is 5.92 Å². The molecule has 0 radical (unpaired) electrons. The van der Waals surface area contributed by atoms with E-state index in [-0.39, 0.29) is 12.0 Å². The Hall–Kier alpha value is -0.580. The second kappa shape index (κ2) is 5.17. The van der Waals surface area contributed by atoms with E-state index >= 15 is 0 Å². The second-order valence-electron chi connectivity index (χ2n) is 4.16. The number of halogens is 1. The molecule has 90 valence electrons. The Balaban J connectivity index is 2.99. The van der Waals surface area contributed by atoms with Crippen LogP contribution in [0.2, 0.25) is 5.02 Å². The smallest absolute Gasteiger partial charge is 0.209 e. The third kappa shape index (κ3) is 4.12. The minimum Gasteiger partial charge on any atom is -0.213 e. The van der Waals surface area contributed by atoms with Crippen molar-refractivity contribution in [3.8, 4) is 0 Å². The average Bonchev–Trinajstić information content (AvgIpc) is 2.14. The number of sulfonamides is 1. The van der Waals surface area contributed by atoms with E-state index < -0.39 is 10.0 Å². The predicted molar refractivity (Wildman–Crippen MR) is 67.0 cm³/mol. The molecule has 0 heterocycles. The molecule has 0 aliphatic carbocycles. The van der Waals surface area contributed by atoms with E-state index in [9.17, 15) is 8.42 Å². The minimum atomic E-state index is -3.21. The number of hydrogen-bond donors (Lipinski definition) is 1. The molecular formula is C11H16ClNO2S. The van der Waals surface area contributed by atoms with Gasteiger partial charge in [-0.3, -0.25) is 0 Å². The van der Waals surface area contributed by atoms with Gasteiger partial charge >= 0.3 is 0 Å². The van der Waals surface area contributed by atoms with Gasteiger partial charge in [-0.2, -0.15) is 0 Å². The van der Waals surface area contributed by atoms with Crippen LogP contribution in [0.4, 0.5) is 0 Å². The molecule has 5 heteroatoms. The maximum absolute atomic E-state index is 11.2. The quantitative estimate of drug-likeness (QED) is 0.906. The van der Waals surface area contributed by atoms with Crippen LogP contribution in [0.3, 0.4) is 0 Å². The third-order valence-electron chi connectivity index (χ3n) is 2.24. The molecule has 0 amide bonds. The van der Waals surface area contributed by atoms with Crippen LogP contribution in [0.15, 0.2) is 24.3 Å². The van der Waals surface area contributed by atoms with E-state index in [0.717, 1.165) is 11.8 Å². The Morgan fingerprint density at radius 2 is 1.69 bits per heavy atom. The van der Waals surface area contributed by atoms with Crippen LogP contribution in [0.1, 0.15) is 25.5 Å².